The van der Waals surface area contributed by atoms with Gasteiger partial charge in [0.15, 0.2) is 0 Å². The van der Waals surface area contributed by atoms with Crippen molar-refractivity contribution in [2.24, 2.45) is 5.84 Å². The molecular formula is C13H11BrFN3O. The van der Waals surface area contributed by atoms with E-state index >= 15 is 0 Å². The molecule has 98 valence electrons. The number of nitrogens with one attached hydrogen (secondary N) is 2. The molecule has 0 spiro atoms. The second-order valence-corrected chi connectivity index (χ2v) is 4.62. The van der Waals surface area contributed by atoms with Gasteiger partial charge in [0.05, 0.1) is 16.9 Å². The van der Waals surface area contributed by atoms with Gasteiger partial charge >= 0.3 is 0 Å². The first-order valence-corrected chi connectivity index (χ1v) is 6.23. The van der Waals surface area contributed by atoms with Crippen LogP contribution in [0.25, 0.3) is 0 Å². The van der Waals surface area contributed by atoms with Crippen LogP contribution in [0.5, 0.6) is 0 Å². The van der Waals surface area contributed by atoms with Crippen molar-refractivity contribution < 1.29 is 9.18 Å². The second kappa shape index (κ2) is 5.81. The van der Waals surface area contributed by atoms with Crippen molar-refractivity contribution in [1.82, 2.24) is 0 Å². The van der Waals surface area contributed by atoms with Crippen LogP contribution in [-0.4, -0.2) is 5.91 Å². The van der Waals surface area contributed by atoms with Crippen molar-refractivity contribution in [2.45, 2.75) is 0 Å². The molecule has 2 rings (SSSR count). The summed E-state index contributed by atoms with van der Waals surface area (Å²) in [7, 11) is 0. The fraction of sp³-hybridized carbons (Fsp3) is 0. The van der Waals surface area contributed by atoms with Gasteiger partial charge in [-0.2, -0.15) is 0 Å². The van der Waals surface area contributed by atoms with Crippen LogP contribution in [0.3, 0.4) is 0 Å². The van der Waals surface area contributed by atoms with E-state index in [9.17, 15) is 9.18 Å². The van der Waals surface area contributed by atoms with Gasteiger partial charge in [0.1, 0.15) is 5.82 Å². The van der Waals surface area contributed by atoms with E-state index in [2.05, 4.69) is 26.7 Å². The zero-order valence-corrected chi connectivity index (χ0v) is 11.4. The maximum absolute atomic E-state index is 13.1. The predicted molar refractivity (Wildman–Crippen MR) is 76.3 cm³/mol. The largest absolute Gasteiger partial charge is 0.323 e. The van der Waals surface area contributed by atoms with Crippen molar-refractivity contribution in [3.63, 3.8) is 0 Å². The number of rotatable bonds is 3. The molecule has 0 unspecified atom stereocenters. The van der Waals surface area contributed by atoms with Crippen LogP contribution >= 0.6 is 15.9 Å². The first-order chi connectivity index (χ1) is 9.11. The molecule has 0 aliphatic rings. The number of para-hydroxylation sites is 1. The maximum Gasteiger partial charge on any atom is 0.257 e. The van der Waals surface area contributed by atoms with Gasteiger partial charge in [-0.1, -0.05) is 12.1 Å². The molecule has 0 aliphatic carbocycles. The average molecular weight is 324 g/mol. The number of nitrogen functional groups attached to an aromatic ring is 1. The Hall–Kier alpha value is -1.92. The van der Waals surface area contributed by atoms with Gasteiger partial charge in [-0.25, -0.2) is 4.39 Å². The lowest BCUT2D eigenvalue weighted by atomic mass is 10.1. The van der Waals surface area contributed by atoms with E-state index < -0.39 is 5.82 Å². The highest BCUT2D eigenvalue weighted by molar-refractivity contribution is 9.10. The van der Waals surface area contributed by atoms with Crippen molar-refractivity contribution in [3.05, 3.63) is 58.3 Å². The van der Waals surface area contributed by atoms with Crippen LogP contribution in [0.1, 0.15) is 10.4 Å². The monoisotopic (exact) mass is 323 g/mol. The van der Waals surface area contributed by atoms with Crippen LogP contribution in [0.4, 0.5) is 15.8 Å². The molecule has 2 aromatic carbocycles. The lowest BCUT2D eigenvalue weighted by Crippen LogP contribution is -2.17. The van der Waals surface area contributed by atoms with Crippen molar-refractivity contribution in [3.8, 4) is 0 Å². The fourth-order valence-electron chi connectivity index (χ4n) is 1.59. The summed E-state index contributed by atoms with van der Waals surface area (Å²) >= 11 is 3.25. The Morgan fingerprint density at radius 1 is 1.16 bits per heavy atom. The van der Waals surface area contributed by atoms with Gasteiger partial charge in [-0.15, -0.1) is 0 Å². The highest BCUT2D eigenvalue weighted by Crippen LogP contribution is 2.24. The molecule has 0 saturated carbocycles. The molecule has 0 aliphatic heterocycles. The number of hydrazine groups is 1. The Balaban J connectivity index is 2.28. The summed E-state index contributed by atoms with van der Waals surface area (Å²) in [4.78, 5) is 12.1. The van der Waals surface area contributed by atoms with Gasteiger partial charge in [-0.05, 0) is 46.3 Å². The van der Waals surface area contributed by atoms with Crippen LogP contribution in [0.2, 0.25) is 0 Å². The number of benzene rings is 2. The van der Waals surface area contributed by atoms with E-state index in [4.69, 9.17) is 5.84 Å². The van der Waals surface area contributed by atoms with E-state index in [1.54, 1.807) is 24.3 Å². The van der Waals surface area contributed by atoms with E-state index in [-0.39, 0.29) is 5.91 Å². The Morgan fingerprint density at radius 3 is 2.63 bits per heavy atom. The molecule has 4 N–H and O–H groups in total. The average Bonchev–Trinajstić information content (AvgIpc) is 2.42. The Bertz CT molecular complexity index is 619. The minimum atomic E-state index is -0.427. The Labute approximate surface area is 117 Å². The molecule has 0 saturated heterocycles. The first-order valence-electron chi connectivity index (χ1n) is 5.44. The lowest BCUT2D eigenvalue weighted by molar-refractivity contribution is 0.102. The summed E-state index contributed by atoms with van der Waals surface area (Å²) in [5.74, 6) is 4.53. The van der Waals surface area contributed by atoms with Crippen molar-refractivity contribution >= 4 is 33.2 Å². The standard InChI is InChI=1S/C13H11BrFN3O/c14-10-6-5-8(15)7-12(10)17-13(19)9-3-1-2-4-11(9)18-16/h1-7,18H,16H2,(H,17,19). The van der Waals surface area contributed by atoms with E-state index in [1.807, 2.05) is 0 Å². The minimum absolute atomic E-state index is 0.358. The fourth-order valence-corrected chi connectivity index (χ4v) is 1.94. The van der Waals surface area contributed by atoms with Gasteiger partial charge in [0, 0.05) is 4.47 Å². The maximum atomic E-state index is 13.1. The van der Waals surface area contributed by atoms with E-state index in [0.717, 1.165) is 0 Å². The zero-order chi connectivity index (χ0) is 13.8. The Morgan fingerprint density at radius 2 is 1.89 bits per heavy atom. The molecule has 6 heteroatoms. The smallest absolute Gasteiger partial charge is 0.257 e. The molecule has 0 heterocycles. The number of nitrogens with two attached hydrogens (primary N) is 1. The highest BCUT2D eigenvalue weighted by Gasteiger charge is 2.12. The molecular weight excluding hydrogens is 313 g/mol. The van der Waals surface area contributed by atoms with Gasteiger partial charge in [-0.3, -0.25) is 10.6 Å². The number of amides is 1. The number of halogens is 2. The predicted octanol–water partition coefficient (Wildman–Crippen LogP) is 3.13. The number of hydrogen-bond donors (Lipinski definition) is 3. The minimum Gasteiger partial charge on any atom is -0.323 e. The summed E-state index contributed by atoms with van der Waals surface area (Å²) in [5, 5.41) is 2.62. The summed E-state index contributed by atoms with van der Waals surface area (Å²) in [5.41, 5.74) is 3.67. The molecule has 4 nitrogen and oxygen atoms in total. The summed E-state index contributed by atoms with van der Waals surface area (Å²) in [6.45, 7) is 0. The van der Waals surface area contributed by atoms with Crippen LogP contribution < -0.4 is 16.6 Å². The normalized spacial score (nSPS) is 10.1. The second-order valence-electron chi connectivity index (χ2n) is 3.77. The van der Waals surface area contributed by atoms with Crippen LogP contribution in [-0.2, 0) is 0 Å². The molecule has 1 amide bonds. The van der Waals surface area contributed by atoms with E-state index in [1.165, 1.54) is 18.2 Å². The highest BCUT2D eigenvalue weighted by atomic mass is 79.9. The molecule has 19 heavy (non-hydrogen) atoms. The third-order valence-corrected chi connectivity index (χ3v) is 3.20. The molecule has 0 radical (unpaired) electrons. The third kappa shape index (κ3) is 3.10. The van der Waals surface area contributed by atoms with Crippen LogP contribution in [0, 0.1) is 5.82 Å². The van der Waals surface area contributed by atoms with Crippen molar-refractivity contribution in [2.75, 3.05) is 10.7 Å². The summed E-state index contributed by atoms with van der Waals surface area (Å²) in [6.07, 6.45) is 0. The number of carbonyl (C=O) groups excluding carboxylic acids is 1. The van der Waals surface area contributed by atoms with Gasteiger partial charge in [0.25, 0.3) is 5.91 Å². The van der Waals surface area contributed by atoms with Crippen LogP contribution in [0.15, 0.2) is 46.9 Å². The molecule has 2 aromatic rings. The van der Waals surface area contributed by atoms with E-state index in [0.29, 0.717) is 21.4 Å². The molecule has 0 atom stereocenters. The third-order valence-electron chi connectivity index (χ3n) is 2.50. The summed E-state index contributed by atoms with van der Waals surface area (Å²) < 4.78 is 13.7. The molecule has 0 fully saturated rings. The molecule has 0 bridgehead atoms. The number of carbonyl (C=O) groups is 1. The topological polar surface area (TPSA) is 67.1 Å². The van der Waals surface area contributed by atoms with Gasteiger partial charge in [0.2, 0.25) is 0 Å². The Kier molecular flexibility index (Phi) is 4.13. The summed E-state index contributed by atoms with van der Waals surface area (Å²) in [6, 6.07) is 10.8. The molecule has 0 aromatic heterocycles. The lowest BCUT2D eigenvalue weighted by Gasteiger charge is -2.10. The van der Waals surface area contributed by atoms with Gasteiger partial charge < -0.3 is 10.7 Å². The van der Waals surface area contributed by atoms with Crippen molar-refractivity contribution in [1.29, 1.82) is 0 Å². The SMILES string of the molecule is NNc1ccccc1C(=O)Nc1cc(F)ccc1Br. The quantitative estimate of drug-likeness (QED) is 0.600. The zero-order valence-electron chi connectivity index (χ0n) is 9.78. The number of anilines is 2. The number of hydrogen-bond acceptors (Lipinski definition) is 3. The first kappa shape index (κ1) is 13.5.